The minimum Gasteiger partial charge on any atom is -0.338 e. The Hall–Kier alpha value is -2.80. The van der Waals surface area contributed by atoms with E-state index < -0.39 is 11.7 Å². The van der Waals surface area contributed by atoms with Crippen LogP contribution in [-0.4, -0.2) is 28.7 Å². The number of likely N-dealkylation sites (N-methyl/N-ethyl adjacent to an activating group) is 1. The summed E-state index contributed by atoms with van der Waals surface area (Å²) < 4.78 is 14.5. The van der Waals surface area contributed by atoms with E-state index in [9.17, 15) is 14.0 Å². The molecule has 26 heavy (non-hydrogen) atoms. The highest BCUT2D eigenvalue weighted by atomic mass is 32.1. The van der Waals surface area contributed by atoms with Crippen LogP contribution in [0.2, 0.25) is 0 Å². The van der Waals surface area contributed by atoms with Crippen LogP contribution in [0.1, 0.15) is 22.9 Å². The first kappa shape index (κ1) is 16.7. The van der Waals surface area contributed by atoms with Crippen LogP contribution < -0.4 is 5.32 Å². The molecule has 1 aromatic heterocycles. The quantitative estimate of drug-likeness (QED) is 0.768. The van der Waals surface area contributed by atoms with Crippen LogP contribution in [0, 0.1) is 5.82 Å². The van der Waals surface area contributed by atoms with Crippen molar-refractivity contribution in [2.45, 2.75) is 18.9 Å². The Morgan fingerprint density at radius 1 is 1.35 bits per heavy atom. The zero-order valence-electron chi connectivity index (χ0n) is 14.0. The first-order chi connectivity index (χ1) is 12.5. The molecule has 0 radical (unpaired) electrons. The Labute approximate surface area is 153 Å². The number of halogens is 1. The molecule has 5 nitrogen and oxygen atoms in total. The van der Waals surface area contributed by atoms with E-state index in [1.54, 1.807) is 29.4 Å². The number of nitrogens with zero attached hydrogens (tertiary/aromatic N) is 2. The van der Waals surface area contributed by atoms with Gasteiger partial charge in [-0.15, -0.1) is 11.3 Å². The van der Waals surface area contributed by atoms with Gasteiger partial charge in [-0.1, -0.05) is 18.2 Å². The number of benzene rings is 2. The van der Waals surface area contributed by atoms with E-state index in [0.29, 0.717) is 17.8 Å². The molecule has 2 heterocycles. The van der Waals surface area contributed by atoms with Crippen molar-refractivity contribution in [3.63, 3.8) is 0 Å². The van der Waals surface area contributed by atoms with Gasteiger partial charge >= 0.3 is 0 Å². The van der Waals surface area contributed by atoms with Gasteiger partial charge in [-0.05, 0) is 29.8 Å². The van der Waals surface area contributed by atoms with Crippen LogP contribution in [0.3, 0.4) is 0 Å². The Balaban J connectivity index is 1.58. The lowest BCUT2D eigenvalue weighted by Gasteiger charge is -2.28. The standard InChI is InChI=1S/C19H16FN3O2S/c1-23(10-18-22-14-4-2-3-5-16(14)26-18)19(25)13-9-17(24)21-15-8-11(20)6-7-12(13)15/h2-8,13H,9-10H2,1H3,(H,21,24). The number of rotatable bonds is 3. The van der Waals surface area contributed by atoms with Crippen LogP contribution >= 0.6 is 11.3 Å². The number of carbonyl (C=O) groups is 2. The van der Waals surface area contributed by atoms with E-state index in [4.69, 9.17) is 0 Å². The molecule has 1 aliphatic rings. The van der Waals surface area contributed by atoms with Gasteiger partial charge in [0.1, 0.15) is 10.8 Å². The van der Waals surface area contributed by atoms with Crippen LogP contribution in [0.15, 0.2) is 42.5 Å². The number of hydrogen-bond donors (Lipinski definition) is 1. The number of fused-ring (bicyclic) bond motifs is 2. The van der Waals surface area contributed by atoms with Crippen molar-refractivity contribution in [1.29, 1.82) is 0 Å². The zero-order chi connectivity index (χ0) is 18.3. The molecule has 0 bridgehead atoms. The molecule has 1 aliphatic heterocycles. The maximum atomic E-state index is 13.4. The Morgan fingerprint density at radius 3 is 2.96 bits per heavy atom. The van der Waals surface area contributed by atoms with Crippen molar-refractivity contribution >= 4 is 39.1 Å². The van der Waals surface area contributed by atoms with Crippen molar-refractivity contribution < 1.29 is 14.0 Å². The number of aromatic nitrogens is 1. The lowest BCUT2D eigenvalue weighted by atomic mass is 9.89. The van der Waals surface area contributed by atoms with Crippen LogP contribution in [-0.2, 0) is 16.1 Å². The number of para-hydroxylation sites is 1. The van der Waals surface area contributed by atoms with Crippen LogP contribution in [0.4, 0.5) is 10.1 Å². The molecule has 2 amide bonds. The third-order valence-electron chi connectivity index (χ3n) is 4.44. The van der Waals surface area contributed by atoms with Gasteiger partial charge in [0.25, 0.3) is 0 Å². The summed E-state index contributed by atoms with van der Waals surface area (Å²) >= 11 is 1.54. The smallest absolute Gasteiger partial charge is 0.230 e. The number of amides is 2. The molecule has 0 saturated heterocycles. The Bertz CT molecular complexity index is 984. The van der Waals surface area contributed by atoms with Crippen LogP contribution in [0.25, 0.3) is 10.2 Å². The molecule has 1 unspecified atom stereocenters. The highest BCUT2D eigenvalue weighted by molar-refractivity contribution is 7.18. The van der Waals surface area contributed by atoms with Gasteiger partial charge in [-0.3, -0.25) is 9.59 Å². The van der Waals surface area contributed by atoms with Gasteiger partial charge in [0.05, 0.1) is 22.7 Å². The molecule has 7 heteroatoms. The molecule has 0 fully saturated rings. The predicted octanol–water partition coefficient (Wildman–Crippen LogP) is 3.52. The van der Waals surface area contributed by atoms with Crippen molar-refractivity contribution in [2.75, 3.05) is 12.4 Å². The Morgan fingerprint density at radius 2 is 2.15 bits per heavy atom. The average Bonchev–Trinajstić information content (AvgIpc) is 3.02. The monoisotopic (exact) mass is 369 g/mol. The van der Waals surface area contributed by atoms with E-state index >= 15 is 0 Å². The van der Waals surface area contributed by atoms with Gasteiger partial charge in [-0.2, -0.15) is 0 Å². The third kappa shape index (κ3) is 3.06. The molecule has 0 saturated carbocycles. The van der Waals surface area contributed by atoms with E-state index in [-0.39, 0.29) is 18.2 Å². The minimum absolute atomic E-state index is 0.0572. The Kier molecular flexibility index (Phi) is 4.16. The van der Waals surface area contributed by atoms with E-state index in [0.717, 1.165) is 15.2 Å². The fourth-order valence-corrected chi connectivity index (χ4v) is 4.21. The van der Waals surface area contributed by atoms with Gasteiger partial charge in [0.15, 0.2) is 0 Å². The topological polar surface area (TPSA) is 62.3 Å². The highest BCUT2D eigenvalue weighted by Crippen LogP contribution is 2.34. The molecular weight excluding hydrogens is 353 g/mol. The second kappa shape index (κ2) is 6.49. The summed E-state index contributed by atoms with van der Waals surface area (Å²) in [5.74, 6) is -1.51. The van der Waals surface area contributed by atoms with Crippen molar-refractivity contribution in [3.8, 4) is 0 Å². The second-order valence-electron chi connectivity index (χ2n) is 6.31. The van der Waals surface area contributed by atoms with Gasteiger partial charge in [0, 0.05) is 19.2 Å². The molecule has 0 aliphatic carbocycles. The average molecular weight is 369 g/mol. The van der Waals surface area contributed by atoms with Gasteiger partial charge < -0.3 is 10.2 Å². The minimum atomic E-state index is -0.612. The molecule has 3 aromatic rings. The SMILES string of the molecule is CN(Cc1nc2ccccc2s1)C(=O)C1CC(=O)Nc2cc(F)ccc21. The summed E-state index contributed by atoms with van der Waals surface area (Å²) in [5.41, 5.74) is 1.92. The summed E-state index contributed by atoms with van der Waals surface area (Å²) in [6, 6.07) is 11.9. The van der Waals surface area contributed by atoms with E-state index in [2.05, 4.69) is 10.3 Å². The first-order valence-electron chi connectivity index (χ1n) is 8.20. The zero-order valence-corrected chi connectivity index (χ0v) is 14.8. The number of carbonyl (C=O) groups excluding carboxylic acids is 2. The van der Waals surface area contributed by atoms with Crippen molar-refractivity contribution in [3.05, 3.63) is 58.9 Å². The lowest BCUT2D eigenvalue weighted by Crippen LogP contribution is -2.36. The summed E-state index contributed by atoms with van der Waals surface area (Å²) in [5, 5.41) is 3.47. The maximum Gasteiger partial charge on any atom is 0.230 e. The normalized spacial score (nSPS) is 16.2. The van der Waals surface area contributed by atoms with Gasteiger partial charge in [0.2, 0.25) is 11.8 Å². The van der Waals surface area contributed by atoms with E-state index in [1.807, 2.05) is 24.3 Å². The molecule has 0 spiro atoms. The number of nitrogens with one attached hydrogen (secondary N) is 1. The summed E-state index contributed by atoms with van der Waals surface area (Å²) in [6.45, 7) is 0.368. The molecule has 1 atom stereocenters. The summed E-state index contributed by atoms with van der Waals surface area (Å²) in [4.78, 5) is 31.0. The number of thiazole rings is 1. The summed E-state index contributed by atoms with van der Waals surface area (Å²) in [6.07, 6.45) is 0.0572. The number of hydrogen-bond acceptors (Lipinski definition) is 4. The fourth-order valence-electron chi connectivity index (χ4n) is 3.19. The highest BCUT2D eigenvalue weighted by Gasteiger charge is 2.32. The largest absolute Gasteiger partial charge is 0.338 e. The molecule has 4 rings (SSSR count). The predicted molar refractivity (Wildman–Crippen MR) is 98.5 cm³/mol. The molecule has 2 aromatic carbocycles. The molecule has 132 valence electrons. The second-order valence-corrected chi connectivity index (χ2v) is 7.42. The van der Waals surface area contributed by atoms with E-state index in [1.165, 1.54) is 12.1 Å². The number of anilines is 1. The molecule has 1 N–H and O–H groups in total. The van der Waals surface area contributed by atoms with Gasteiger partial charge in [-0.25, -0.2) is 9.37 Å². The maximum absolute atomic E-state index is 13.4. The summed E-state index contributed by atoms with van der Waals surface area (Å²) in [7, 11) is 1.70. The molecular formula is C19H16FN3O2S. The lowest BCUT2D eigenvalue weighted by molar-refractivity contribution is -0.134. The van der Waals surface area contributed by atoms with Crippen LogP contribution in [0.5, 0.6) is 0 Å². The first-order valence-corrected chi connectivity index (χ1v) is 9.01. The van der Waals surface area contributed by atoms with Crippen molar-refractivity contribution in [2.24, 2.45) is 0 Å². The van der Waals surface area contributed by atoms with Crippen molar-refractivity contribution in [1.82, 2.24) is 9.88 Å². The third-order valence-corrected chi connectivity index (χ3v) is 5.46. The fraction of sp³-hybridized carbons (Fsp3) is 0.211.